The molecular formula is C13H16BrClFNO3S. The lowest BCUT2D eigenvalue weighted by atomic mass is 10.0. The van der Waals surface area contributed by atoms with Crippen LogP contribution in [0.15, 0.2) is 21.5 Å². The minimum Gasteiger partial charge on any atom is -0.349 e. The number of halogens is 3. The highest BCUT2D eigenvalue weighted by atomic mass is 79.9. The van der Waals surface area contributed by atoms with Crippen LogP contribution in [-0.4, -0.2) is 20.4 Å². The van der Waals surface area contributed by atoms with E-state index < -0.39 is 25.7 Å². The van der Waals surface area contributed by atoms with Crippen molar-refractivity contribution in [2.75, 3.05) is 0 Å². The van der Waals surface area contributed by atoms with Gasteiger partial charge in [-0.3, -0.25) is 4.79 Å². The number of hydrogen-bond donors (Lipinski definition) is 1. The molecule has 0 heterocycles. The maximum atomic E-state index is 14.2. The van der Waals surface area contributed by atoms with Crippen LogP contribution < -0.4 is 5.32 Å². The Labute approximate surface area is 136 Å². The van der Waals surface area contributed by atoms with Crippen molar-refractivity contribution in [3.05, 3.63) is 28.0 Å². The molecule has 0 aliphatic carbocycles. The van der Waals surface area contributed by atoms with Crippen LogP contribution in [0.5, 0.6) is 0 Å². The molecule has 0 bridgehead atoms. The molecule has 0 aliphatic heterocycles. The highest BCUT2D eigenvalue weighted by molar-refractivity contribution is 9.10. The van der Waals surface area contributed by atoms with Crippen LogP contribution in [0.25, 0.3) is 0 Å². The molecular weight excluding hydrogens is 385 g/mol. The van der Waals surface area contributed by atoms with Gasteiger partial charge in [0.2, 0.25) is 0 Å². The Morgan fingerprint density at radius 3 is 2.48 bits per heavy atom. The standard InChI is InChI=1S/C13H16BrClFNO3S/c1-4-7(2)8(3)17-13(18)10-5-9(14)6-11(12(10)16)21(15,19)20/h5-8H,4H2,1-3H3,(H,17,18). The van der Waals surface area contributed by atoms with Gasteiger partial charge in [0.1, 0.15) is 4.90 Å². The quantitative estimate of drug-likeness (QED) is 0.767. The Morgan fingerprint density at radius 1 is 1.43 bits per heavy atom. The number of carbonyl (C=O) groups is 1. The SMILES string of the molecule is CCC(C)C(C)NC(=O)c1cc(Br)cc(S(=O)(=O)Cl)c1F. The first-order chi connectivity index (χ1) is 9.57. The predicted molar refractivity (Wildman–Crippen MR) is 83.5 cm³/mol. The number of rotatable bonds is 5. The maximum absolute atomic E-state index is 14.2. The van der Waals surface area contributed by atoms with Gasteiger partial charge in [-0.05, 0) is 25.0 Å². The van der Waals surface area contributed by atoms with Gasteiger partial charge in [-0.15, -0.1) is 0 Å². The van der Waals surface area contributed by atoms with Crippen molar-refractivity contribution in [2.24, 2.45) is 5.92 Å². The summed E-state index contributed by atoms with van der Waals surface area (Å²) in [4.78, 5) is 11.4. The molecule has 118 valence electrons. The zero-order valence-corrected chi connectivity index (χ0v) is 14.9. The van der Waals surface area contributed by atoms with Crippen LogP contribution in [0.4, 0.5) is 4.39 Å². The minimum atomic E-state index is -4.27. The summed E-state index contributed by atoms with van der Waals surface area (Å²) in [7, 11) is 0.897. The molecule has 1 N–H and O–H groups in total. The summed E-state index contributed by atoms with van der Waals surface area (Å²) in [6, 6.07) is 2.07. The molecule has 0 radical (unpaired) electrons. The molecule has 1 amide bonds. The molecule has 0 saturated carbocycles. The Bertz CT molecular complexity index is 651. The van der Waals surface area contributed by atoms with Gasteiger partial charge in [-0.1, -0.05) is 36.2 Å². The highest BCUT2D eigenvalue weighted by Gasteiger charge is 2.25. The van der Waals surface area contributed by atoms with Crippen molar-refractivity contribution >= 4 is 41.6 Å². The predicted octanol–water partition coefficient (Wildman–Crippen LogP) is 3.68. The summed E-state index contributed by atoms with van der Waals surface area (Å²) in [5, 5.41) is 2.66. The summed E-state index contributed by atoms with van der Waals surface area (Å²) >= 11 is 3.05. The second-order valence-electron chi connectivity index (χ2n) is 4.85. The molecule has 2 unspecified atom stereocenters. The smallest absolute Gasteiger partial charge is 0.264 e. The maximum Gasteiger partial charge on any atom is 0.264 e. The van der Waals surface area contributed by atoms with E-state index in [0.29, 0.717) is 0 Å². The van der Waals surface area contributed by atoms with Gasteiger partial charge in [-0.2, -0.15) is 0 Å². The number of hydrogen-bond acceptors (Lipinski definition) is 3. The molecule has 0 fully saturated rings. The number of benzene rings is 1. The number of nitrogens with one attached hydrogen (secondary N) is 1. The lowest BCUT2D eigenvalue weighted by Gasteiger charge is -2.20. The fourth-order valence-corrected chi connectivity index (χ4v) is 3.23. The fourth-order valence-electron chi connectivity index (χ4n) is 1.69. The van der Waals surface area contributed by atoms with Gasteiger partial charge in [-0.25, -0.2) is 12.8 Å². The zero-order chi connectivity index (χ0) is 16.4. The third-order valence-corrected chi connectivity index (χ3v) is 5.15. The molecule has 0 spiro atoms. The van der Waals surface area contributed by atoms with Crippen molar-refractivity contribution in [3.8, 4) is 0 Å². The van der Waals surface area contributed by atoms with E-state index in [4.69, 9.17) is 10.7 Å². The van der Waals surface area contributed by atoms with Gasteiger partial charge in [0.25, 0.3) is 15.0 Å². The third kappa shape index (κ3) is 4.66. The highest BCUT2D eigenvalue weighted by Crippen LogP contribution is 2.26. The van der Waals surface area contributed by atoms with Gasteiger partial charge in [0.05, 0.1) is 5.56 Å². The molecule has 1 aromatic rings. The van der Waals surface area contributed by atoms with E-state index in [1.807, 2.05) is 13.8 Å². The normalized spacial score (nSPS) is 14.6. The Balaban J connectivity index is 3.20. The molecule has 0 aliphatic rings. The van der Waals surface area contributed by atoms with E-state index in [2.05, 4.69) is 21.2 Å². The fraction of sp³-hybridized carbons (Fsp3) is 0.462. The first-order valence-corrected chi connectivity index (χ1v) is 9.42. The lowest BCUT2D eigenvalue weighted by molar-refractivity contribution is 0.0923. The molecule has 21 heavy (non-hydrogen) atoms. The second kappa shape index (κ2) is 7.07. The summed E-state index contributed by atoms with van der Waals surface area (Å²) in [5.41, 5.74) is -0.362. The summed E-state index contributed by atoms with van der Waals surface area (Å²) in [5.74, 6) is -1.62. The molecule has 2 atom stereocenters. The van der Waals surface area contributed by atoms with Crippen LogP contribution in [0.3, 0.4) is 0 Å². The van der Waals surface area contributed by atoms with Crippen molar-refractivity contribution in [3.63, 3.8) is 0 Å². The van der Waals surface area contributed by atoms with Crippen molar-refractivity contribution in [1.82, 2.24) is 5.32 Å². The van der Waals surface area contributed by atoms with E-state index in [1.165, 1.54) is 6.07 Å². The zero-order valence-electron chi connectivity index (χ0n) is 11.8. The first-order valence-electron chi connectivity index (χ1n) is 6.32. The third-order valence-electron chi connectivity index (χ3n) is 3.37. The van der Waals surface area contributed by atoms with Crippen LogP contribution in [0.1, 0.15) is 37.6 Å². The Hall–Kier alpha value is -0.660. The van der Waals surface area contributed by atoms with Crippen LogP contribution >= 0.6 is 26.6 Å². The van der Waals surface area contributed by atoms with Gasteiger partial charge in [0.15, 0.2) is 5.82 Å². The second-order valence-corrected chi connectivity index (χ2v) is 8.30. The van der Waals surface area contributed by atoms with Crippen molar-refractivity contribution in [2.45, 2.75) is 38.1 Å². The van der Waals surface area contributed by atoms with Gasteiger partial charge < -0.3 is 5.32 Å². The molecule has 4 nitrogen and oxygen atoms in total. The monoisotopic (exact) mass is 399 g/mol. The topological polar surface area (TPSA) is 63.2 Å². The van der Waals surface area contributed by atoms with Crippen LogP contribution in [0.2, 0.25) is 0 Å². The van der Waals surface area contributed by atoms with E-state index in [9.17, 15) is 17.6 Å². The average molecular weight is 401 g/mol. The number of amides is 1. The van der Waals surface area contributed by atoms with E-state index in [1.54, 1.807) is 6.92 Å². The average Bonchev–Trinajstić information content (AvgIpc) is 2.38. The molecule has 0 saturated heterocycles. The summed E-state index contributed by atoms with van der Waals surface area (Å²) < 4.78 is 37.1. The number of carbonyl (C=O) groups excluding carboxylic acids is 1. The molecule has 0 aromatic heterocycles. The van der Waals surface area contributed by atoms with E-state index >= 15 is 0 Å². The molecule has 8 heteroatoms. The van der Waals surface area contributed by atoms with E-state index in [0.717, 1.165) is 12.5 Å². The minimum absolute atomic E-state index is 0.169. The first kappa shape index (κ1) is 18.4. The largest absolute Gasteiger partial charge is 0.349 e. The van der Waals surface area contributed by atoms with Crippen LogP contribution in [-0.2, 0) is 9.05 Å². The summed E-state index contributed by atoms with van der Waals surface area (Å²) in [6.07, 6.45) is 0.851. The van der Waals surface area contributed by atoms with Crippen molar-refractivity contribution < 1.29 is 17.6 Å². The molecule has 1 rings (SSSR count). The lowest BCUT2D eigenvalue weighted by Crippen LogP contribution is -2.37. The molecule has 1 aromatic carbocycles. The van der Waals surface area contributed by atoms with Crippen LogP contribution in [0, 0.1) is 11.7 Å². The van der Waals surface area contributed by atoms with Gasteiger partial charge >= 0.3 is 0 Å². The summed E-state index contributed by atoms with van der Waals surface area (Å²) in [6.45, 7) is 5.74. The Kier molecular flexibility index (Phi) is 6.19. The van der Waals surface area contributed by atoms with E-state index in [-0.39, 0.29) is 22.0 Å². The van der Waals surface area contributed by atoms with Gasteiger partial charge in [0, 0.05) is 21.2 Å². The Morgan fingerprint density at radius 2 is 2.00 bits per heavy atom. The van der Waals surface area contributed by atoms with Crippen molar-refractivity contribution in [1.29, 1.82) is 0 Å².